The number of unbranched alkanes of at least 4 members (excludes halogenated alkanes) is 5. The molecule has 0 heterocycles. The van der Waals surface area contributed by atoms with Crippen LogP contribution in [0, 0.1) is 0 Å². The van der Waals surface area contributed by atoms with Crippen molar-refractivity contribution in [3.05, 3.63) is 35.9 Å². The van der Waals surface area contributed by atoms with Crippen LogP contribution in [0.5, 0.6) is 0 Å². The minimum atomic E-state index is 0.631. The van der Waals surface area contributed by atoms with Gasteiger partial charge in [-0.2, -0.15) is 0 Å². The first-order valence-electron chi connectivity index (χ1n) is 8.70. The minimum Gasteiger partial charge on any atom is -0.379 e. The molecule has 126 valence electrons. The summed E-state index contributed by atoms with van der Waals surface area (Å²) in [5, 5.41) is 0. The number of hydrogen-bond donors (Lipinski definition) is 0. The smallest absolute Gasteiger partial charge is 0.0718 e. The van der Waals surface area contributed by atoms with Crippen LogP contribution in [0.2, 0.25) is 0 Å². The van der Waals surface area contributed by atoms with Crippen molar-refractivity contribution >= 4 is 0 Å². The van der Waals surface area contributed by atoms with E-state index in [2.05, 4.69) is 19.1 Å². The summed E-state index contributed by atoms with van der Waals surface area (Å²) in [5.41, 5.74) is 1.20. The summed E-state index contributed by atoms with van der Waals surface area (Å²) >= 11 is 0. The van der Waals surface area contributed by atoms with Gasteiger partial charge in [0.15, 0.2) is 0 Å². The Morgan fingerprint density at radius 2 is 1.23 bits per heavy atom. The van der Waals surface area contributed by atoms with Crippen LogP contribution in [0.4, 0.5) is 0 Å². The quantitative estimate of drug-likeness (QED) is 0.443. The van der Waals surface area contributed by atoms with Gasteiger partial charge in [0.1, 0.15) is 0 Å². The van der Waals surface area contributed by atoms with E-state index in [0.717, 1.165) is 6.61 Å². The lowest BCUT2D eigenvalue weighted by molar-refractivity contribution is 0.0100. The van der Waals surface area contributed by atoms with Gasteiger partial charge < -0.3 is 14.2 Å². The molecule has 0 amide bonds. The normalized spacial score (nSPS) is 11.0. The van der Waals surface area contributed by atoms with Gasteiger partial charge in [0.05, 0.1) is 33.0 Å². The Labute approximate surface area is 136 Å². The summed E-state index contributed by atoms with van der Waals surface area (Å²) in [5.74, 6) is 0. The predicted molar refractivity (Wildman–Crippen MR) is 91.1 cm³/mol. The van der Waals surface area contributed by atoms with Gasteiger partial charge in [-0.3, -0.25) is 0 Å². The third-order valence-electron chi connectivity index (χ3n) is 3.50. The van der Waals surface area contributed by atoms with Crippen LogP contribution >= 0.6 is 0 Å². The second kappa shape index (κ2) is 15.0. The molecule has 1 rings (SSSR count). The van der Waals surface area contributed by atoms with E-state index in [0.29, 0.717) is 33.0 Å². The minimum absolute atomic E-state index is 0.631. The van der Waals surface area contributed by atoms with Crippen LogP contribution in [0.3, 0.4) is 0 Å². The highest BCUT2D eigenvalue weighted by Gasteiger charge is 1.94. The van der Waals surface area contributed by atoms with Gasteiger partial charge in [-0.1, -0.05) is 69.4 Å². The molecular formula is C19H32O3. The number of benzene rings is 1. The summed E-state index contributed by atoms with van der Waals surface area (Å²) in [6.45, 7) is 6.37. The fourth-order valence-corrected chi connectivity index (χ4v) is 2.19. The standard InChI is InChI=1S/C19H32O3/c1-2-3-4-5-6-10-13-20-14-15-21-16-17-22-18-19-11-8-7-9-12-19/h7-9,11-12H,2-6,10,13-18H2,1H3. The molecule has 3 heteroatoms. The van der Waals surface area contributed by atoms with E-state index in [4.69, 9.17) is 14.2 Å². The molecular weight excluding hydrogens is 276 g/mol. The van der Waals surface area contributed by atoms with E-state index in [1.54, 1.807) is 0 Å². The van der Waals surface area contributed by atoms with Crippen LogP contribution in [0.25, 0.3) is 0 Å². The van der Waals surface area contributed by atoms with Crippen molar-refractivity contribution in [3.8, 4) is 0 Å². The maximum atomic E-state index is 5.55. The predicted octanol–water partition coefficient (Wildman–Crippen LogP) is 4.60. The maximum Gasteiger partial charge on any atom is 0.0718 e. The Morgan fingerprint density at radius 1 is 0.636 bits per heavy atom. The molecule has 0 N–H and O–H groups in total. The van der Waals surface area contributed by atoms with Crippen molar-refractivity contribution in [1.29, 1.82) is 0 Å². The second-order valence-corrected chi connectivity index (χ2v) is 5.53. The van der Waals surface area contributed by atoms with Gasteiger partial charge in [0.2, 0.25) is 0 Å². The lowest BCUT2D eigenvalue weighted by atomic mass is 10.1. The van der Waals surface area contributed by atoms with Crippen LogP contribution < -0.4 is 0 Å². The molecule has 22 heavy (non-hydrogen) atoms. The fraction of sp³-hybridized carbons (Fsp3) is 0.684. The molecule has 0 aromatic heterocycles. The molecule has 1 aromatic carbocycles. The summed E-state index contributed by atoms with van der Waals surface area (Å²) in [4.78, 5) is 0. The molecule has 1 aromatic rings. The summed E-state index contributed by atoms with van der Waals surface area (Å²) in [6, 6.07) is 10.2. The molecule has 0 aliphatic rings. The van der Waals surface area contributed by atoms with Crippen LogP contribution in [-0.2, 0) is 20.8 Å². The van der Waals surface area contributed by atoms with Crippen LogP contribution in [0.1, 0.15) is 51.0 Å². The largest absolute Gasteiger partial charge is 0.379 e. The molecule has 0 atom stereocenters. The summed E-state index contributed by atoms with van der Waals surface area (Å²) < 4.78 is 16.6. The topological polar surface area (TPSA) is 27.7 Å². The molecule has 0 aliphatic heterocycles. The molecule has 0 spiro atoms. The zero-order chi connectivity index (χ0) is 15.7. The number of ether oxygens (including phenoxy) is 3. The lowest BCUT2D eigenvalue weighted by Crippen LogP contribution is -2.09. The second-order valence-electron chi connectivity index (χ2n) is 5.53. The Hall–Kier alpha value is -0.900. The SMILES string of the molecule is CCCCCCCCOCCOCCOCc1ccccc1. The zero-order valence-electron chi connectivity index (χ0n) is 14.1. The van der Waals surface area contributed by atoms with Crippen molar-refractivity contribution < 1.29 is 14.2 Å². The molecule has 0 saturated carbocycles. The highest BCUT2D eigenvalue weighted by atomic mass is 16.5. The Balaban J connectivity index is 1.73. The van der Waals surface area contributed by atoms with Crippen LogP contribution in [0.15, 0.2) is 30.3 Å². The van der Waals surface area contributed by atoms with Crippen molar-refractivity contribution in [1.82, 2.24) is 0 Å². The number of hydrogen-bond acceptors (Lipinski definition) is 3. The number of rotatable bonds is 15. The first kappa shape index (κ1) is 19.1. The van der Waals surface area contributed by atoms with Crippen molar-refractivity contribution in [3.63, 3.8) is 0 Å². The summed E-state index contributed by atoms with van der Waals surface area (Å²) in [6.07, 6.45) is 7.83. The first-order valence-corrected chi connectivity index (χ1v) is 8.70. The Kier molecular flexibility index (Phi) is 13.1. The molecule has 0 radical (unpaired) electrons. The van der Waals surface area contributed by atoms with Gasteiger partial charge in [0, 0.05) is 6.61 Å². The van der Waals surface area contributed by atoms with Crippen LogP contribution in [-0.4, -0.2) is 33.0 Å². The molecule has 0 fully saturated rings. The third kappa shape index (κ3) is 11.7. The molecule has 0 bridgehead atoms. The van der Waals surface area contributed by atoms with Gasteiger partial charge >= 0.3 is 0 Å². The van der Waals surface area contributed by atoms with Gasteiger partial charge in [-0.15, -0.1) is 0 Å². The van der Waals surface area contributed by atoms with Crippen molar-refractivity contribution in [2.75, 3.05) is 33.0 Å². The van der Waals surface area contributed by atoms with E-state index in [9.17, 15) is 0 Å². The Morgan fingerprint density at radius 3 is 1.95 bits per heavy atom. The average molecular weight is 308 g/mol. The zero-order valence-corrected chi connectivity index (χ0v) is 14.1. The van der Waals surface area contributed by atoms with Crippen molar-refractivity contribution in [2.45, 2.75) is 52.1 Å². The highest BCUT2D eigenvalue weighted by Crippen LogP contribution is 2.04. The molecule has 0 aliphatic carbocycles. The fourth-order valence-electron chi connectivity index (χ4n) is 2.19. The average Bonchev–Trinajstić information content (AvgIpc) is 2.56. The van der Waals surface area contributed by atoms with Gasteiger partial charge in [0.25, 0.3) is 0 Å². The molecule has 0 unspecified atom stereocenters. The van der Waals surface area contributed by atoms with Gasteiger partial charge in [-0.25, -0.2) is 0 Å². The maximum absolute atomic E-state index is 5.55. The highest BCUT2D eigenvalue weighted by molar-refractivity contribution is 5.13. The lowest BCUT2D eigenvalue weighted by Gasteiger charge is -2.07. The van der Waals surface area contributed by atoms with E-state index < -0.39 is 0 Å². The van der Waals surface area contributed by atoms with E-state index >= 15 is 0 Å². The molecule has 0 saturated heterocycles. The van der Waals surface area contributed by atoms with E-state index in [1.165, 1.54) is 44.1 Å². The summed E-state index contributed by atoms with van der Waals surface area (Å²) in [7, 11) is 0. The third-order valence-corrected chi connectivity index (χ3v) is 3.50. The first-order chi connectivity index (χ1) is 10.9. The van der Waals surface area contributed by atoms with Gasteiger partial charge in [-0.05, 0) is 12.0 Å². The monoisotopic (exact) mass is 308 g/mol. The Bertz CT molecular complexity index is 327. The van der Waals surface area contributed by atoms with E-state index in [1.807, 2.05) is 18.2 Å². The molecule has 3 nitrogen and oxygen atoms in total. The van der Waals surface area contributed by atoms with E-state index in [-0.39, 0.29) is 0 Å². The van der Waals surface area contributed by atoms with Crippen molar-refractivity contribution in [2.24, 2.45) is 0 Å².